The normalized spacial score (nSPS) is 17.3. The molecule has 1 amide bonds. The van der Waals surface area contributed by atoms with Crippen molar-refractivity contribution in [2.45, 2.75) is 26.5 Å². The number of aliphatic carboxylic acids is 1. The van der Waals surface area contributed by atoms with Gasteiger partial charge in [-0.3, -0.25) is 14.5 Å². The molecule has 24 heavy (non-hydrogen) atoms. The third-order valence-corrected chi connectivity index (χ3v) is 4.04. The van der Waals surface area contributed by atoms with Gasteiger partial charge in [0.2, 0.25) is 5.91 Å². The number of halogens is 1. The Kier molecular flexibility index (Phi) is 8.74. The maximum Gasteiger partial charge on any atom is 0.307 e. The second-order valence-electron chi connectivity index (χ2n) is 5.74. The van der Waals surface area contributed by atoms with E-state index in [2.05, 4.69) is 5.32 Å². The first-order valence-electron chi connectivity index (χ1n) is 7.96. The summed E-state index contributed by atoms with van der Waals surface area (Å²) in [5.74, 6) is -1.21. The van der Waals surface area contributed by atoms with Crippen molar-refractivity contribution in [2.24, 2.45) is 5.92 Å². The van der Waals surface area contributed by atoms with Gasteiger partial charge in [-0.1, -0.05) is 24.3 Å². The maximum absolute atomic E-state index is 12.0. The highest BCUT2D eigenvalue weighted by molar-refractivity contribution is 5.85. The van der Waals surface area contributed by atoms with E-state index in [1.807, 2.05) is 36.1 Å². The van der Waals surface area contributed by atoms with Gasteiger partial charge in [0.25, 0.3) is 0 Å². The molecule has 1 fully saturated rings. The van der Waals surface area contributed by atoms with Crippen LogP contribution >= 0.6 is 12.4 Å². The van der Waals surface area contributed by atoms with E-state index < -0.39 is 5.97 Å². The largest absolute Gasteiger partial charge is 0.481 e. The Bertz CT molecular complexity index is 553. The predicted octanol–water partition coefficient (Wildman–Crippen LogP) is 1.67. The Morgan fingerprint density at radius 1 is 1.33 bits per heavy atom. The van der Waals surface area contributed by atoms with Crippen LogP contribution in [-0.2, 0) is 27.5 Å². The molecule has 6 nitrogen and oxygen atoms in total. The molecule has 0 aliphatic carbocycles. The van der Waals surface area contributed by atoms with Gasteiger partial charge in [-0.05, 0) is 31.0 Å². The third kappa shape index (κ3) is 6.11. The van der Waals surface area contributed by atoms with E-state index in [9.17, 15) is 9.59 Å². The average molecular weight is 357 g/mol. The SMILES string of the molecule is CCOCc1ccccc1CNC(=O)CN1CCC(C(=O)O)C1.Cl. The number of nitrogens with zero attached hydrogens (tertiary/aromatic N) is 1. The molecule has 0 radical (unpaired) electrons. The number of carbonyl (C=O) groups excluding carboxylic acids is 1. The number of likely N-dealkylation sites (tertiary alicyclic amines) is 1. The zero-order chi connectivity index (χ0) is 16.7. The molecular formula is C17H25ClN2O4. The van der Waals surface area contributed by atoms with Gasteiger partial charge in [0, 0.05) is 19.7 Å². The fraction of sp³-hybridized carbons (Fsp3) is 0.529. The summed E-state index contributed by atoms with van der Waals surface area (Å²) in [7, 11) is 0. The number of hydrogen-bond donors (Lipinski definition) is 2. The number of carboxylic acid groups (broad SMARTS) is 1. The molecule has 1 aromatic carbocycles. The fourth-order valence-corrected chi connectivity index (χ4v) is 2.71. The van der Waals surface area contributed by atoms with Crippen LogP contribution in [0, 0.1) is 5.92 Å². The molecule has 2 rings (SSSR count). The summed E-state index contributed by atoms with van der Waals surface area (Å²) < 4.78 is 5.43. The van der Waals surface area contributed by atoms with Gasteiger partial charge >= 0.3 is 5.97 Å². The smallest absolute Gasteiger partial charge is 0.307 e. The zero-order valence-corrected chi connectivity index (χ0v) is 14.7. The van der Waals surface area contributed by atoms with E-state index >= 15 is 0 Å². The van der Waals surface area contributed by atoms with Crippen LogP contribution in [0.25, 0.3) is 0 Å². The summed E-state index contributed by atoms with van der Waals surface area (Å²) in [5.41, 5.74) is 2.11. The Hall–Kier alpha value is -1.63. The molecule has 1 heterocycles. The first-order valence-corrected chi connectivity index (χ1v) is 7.96. The van der Waals surface area contributed by atoms with Crippen LogP contribution in [0.2, 0.25) is 0 Å². The number of carboxylic acids is 1. The summed E-state index contributed by atoms with van der Waals surface area (Å²) in [4.78, 5) is 24.9. The number of nitrogens with one attached hydrogen (secondary N) is 1. The molecule has 0 spiro atoms. The molecule has 1 unspecified atom stereocenters. The number of benzene rings is 1. The van der Waals surface area contributed by atoms with E-state index in [4.69, 9.17) is 9.84 Å². The van der Waals surface area contributed by atoms with Crippen LogP contribution in [-0.4, -0.2) is 48.1 Å². The molecule has 7 heteroatoms. The van der Waals surface area contributed by atoms with Crippen molar-refractivity contribution in [3.05, 3.63) is 35.4 Å². The van der Waals surface area contributed by atoms with Gasteiger partial charge in [0.1, 0.15) is 0 Å². The Morgan fingerprint density at radius 2 is 2.04 bits per heavy atom. The lowest BCUT2D eigenvalue weighted by Crippen LogP contribution is -2.36. The van der Waals surface area contributed by atoms with Gasteiger partial charge in [-0.15, -0.1) is 12.4 Å². The van der Waals surface area contributed by atoms with Crippen molar-refractivity contribution in [3.63, 3.8) is 0 Å². The Labute approximate surface area is 148 Å². The molecule has 1 saturated heterocycles. The number of amides is 1. The molecule has 1 aliphatic rings. The highest BCUT2D eigenvalue weighted by Crippen LogP contribution is 2.15. The molecule has 1 aromatic rings. The first-order chi connectivity index (χ1) is 11.1. The first kappa shape index (κ1) is 20.4. The van der Waals surface area contributed by atoms with E-state index in [0.717, 1.165) is 11.1 Å². The predicted molar refractivity (Wildman–Crippen MR) is 93.0 cm³/mol. The van der Waals surface area contributed by atoms with Gasteiger partial charge in [0.15, 0.2) is 0 Å². The van der Waals surface area contributed by atoms with E-state index in [1.165, 1.54) is 0 Å². The number of hydrogen-bond acceptors (Lipinski definition) is 4. The molecule has 2 N–H and O–H groups in total. The lowest BCUT2D eigenvalue weighted by atomic mass is 10.1. The average Bonchev–Trinajstić information content (AvgIpc) is 3.00. The van der Waals surface area contributed by atoms with E-state index in [0.29, 0.717) is 39.3 Å². The van der Waals surface area contributed by atoms with Crippen molar-refractivity contribution in [2.75, 3.05) is 26.2 Å². The molecule has 0 aromatic heterocycles. The van der Waals surface area contributed by atoms with Gasteiger partial charge < -0.3 is 15.2 Å². The molecule has 0 saturated carbocycles. The second kappa shape index (κ2) is 10.3. The van der Waals surface area contributed by atoms with Crippen LogP contribution in [0.15, 0.2) is 24.3 Å². The van der Waals surface area contributed by atoms with E-state index in [1.54, 1.807) is 0 Å². The van der Waals surface area contributed by atoms with Crippen LogP contribution in [0.1, 0.15) is 24.5 Å². The summed E-state index contributed by atoms with van der Waals surface area (Å²) in [6.45, 7) is 4.95. The Balaban J connectivity index is 0.00000288. The third-order valence-electron chi connectivity index (χ3n) is 4.04. The van der Waals surface area contributed by atoms with Crippen molar-refractivity contribution in [3.8, 4) is 0 Å². The van der Waals surface area contributed by atoms with Crippen LogP contribution in [0.3, 0.4) is 0 Å². The van der Waals surface area contributed by atoms with Crippen LogP contribution in [0.4, 0.5) is 0 Å². The van der Waals surface area contributed by atoms with Crippen molar-refractivity contribution < 1.29 is 19.4 Å². The lowest BCUT2D eigenvalue weighted by molar-refractivity contribution is -0.141. The molecule has 0 bridgehead atoms. The summed E-state index contributed by atoms with van der Waals surface area (Å²) in [5, 5.41) is 11.9. The Morgan fingerprint density at radius 3 is 2.67 bits per heavy atom. The summed E-state index contributed by atoms with van der Waals surface area (Å²) >= 11 is 0. The number of rotatable bonds is 8. The maximum atomic E-state index is 12.0. The fourth-order valence-electron chi connectivity index (χ4n) is 2.71. The van der Waals surface area contributed by atoms with Gasteiger partial charge in [0.05, 0.1) is 19.1 Å². The molecular weight excluding hydrogens is 332 g/mol. The van der Waals surface area contributed by atoms with Crippen molar-refractivity contribution >= 4 is 24.3 Å². The van der Waals surface area contributed by atoms with Crippen molar-refractivity contribution in [1.82, 2.24) is 10.2 Å². The van der Waals surface area contributed by atoms with Gasteiger partial charge in [-0.25, -0.2) is 0 Å². The minimum atomic E-state index is -0.780. The summed E-state index contributed by atoms with van der Waals surface area (Å²) in [6.07, 6.45) is 0.611. The minimum Gasteiger partial charge on any atom is -0.481 e. The topological polar surface area (TPSA) is 78.9 Å². The number of carbonyl (C=O) groups is 2. The lowest BCUT2D eigenvalue weighted by Gasteiger charge is -2.15. The van der Waals surface area contributed by atoms with Crippen LogP contribution in [0.5, 0.6) is 0 Å². The molecule has 1 aliphatic heterocycles. The van der Waals surface area contributed by atoms with E-state index in [-0.39, 0.29) is 30.8 Å². The quantitative estimate of drug-likeness (QED) is 0.740. The van der Waals surface area contributed by atoms with Gasteiger partial charge in [-0.2, -0.15) is 0 Å². The zero-order valence-electron chi connectivity index (χ0n) is 13.9. The second-order valence-corrected chi connectivity index (χ2v) is 5.74. The standard InChI is InChI=1S/C17H24N2O4.ClH/c1-2-23-12-15-6-4-3-5-13(15)9-18-16(20)11-19-8-7-14(10-19)17(21)22;/h3-6,14H,2,7-12H2,1H3,(H,18,20)(H,21,22);1H. The molecule has 134 valence electrons. The molecule has 1 atom stereocenters. The van der Waals surface area contributed by atoms with Crippen LogP contribution < -0.4 is 5.32 Å². The highest BCUT2D eigenvalue weighted by Gasteiger charge is 2.28. The number of ether oxygens (including phenoxy) is 1. The monoisotopic (exact) mass is 356 g/mol. The summed E-state index contributed by atoms with van der Waals surface area (Å²) in [6, 6.07) is 7.87. The minimum absolute atomic E-state index is 0. The van der Waals surface area contributed by atoms with Crippen molar-refractivity contribution in [1.29, 1.82) is 0 Å². The highest BCUT2D eigenvalue weighted by atomic mass is 35.5.